The van der Waals surface area contributed by atoms with Gasteiger partial charge in [0.1, 0.15) is 5.82 Å². The van der Waals surface area contributed by atoms with E-state index >= 15 is 0 Å². The molecule has 37 heavy (non-hydrogen) atoms. The normalized spacial score (nSPS) is 33.5. The van der Waals surface area contributed by atoms with E-state index in [2.05, 4.69) is 34.1 Å². The number of anilines is 1. The second-order valence-corrected chi connectivity index (χ2v) is 12.6. The van der Waals surface area contributed by atoms with Crippen LogP contribution in [0.25, 0.3) is 10.1 Å². The van der Waals surface area contributed by atoms with E-state index in [0.29, 0.717) is 30.2 Å². The van der Waals surface area contributed by atoms with E-state index in [9.17, 15) is 9.59 Å². The van der Waals surface area contributed by atoms with E-state index in [1.165, 1.54) is 29.3 Å². The van der Waals surface area contributed by atoms with Crippen LogP contribution in [0.2, 0.25) is 0 Å². The number of rotatable bonds is 5. The Morgan fingerprint density at radius 1 is 0.811 bits per heavy atom. The minimum atomic E-state index is 0. The van der Waals surface area contributed by atoms with Crippen LogP contribution >= 0.6 is 36.3 Å². The molecule has 2 bridgehead atoms. The van der Waals surface area contributed by atoms with Crippen molar-refractivity contribution in [3.05, 3.63) is 24.3 Å². The monoisotopic (exact) mass is 564 g/mol. The summed E-state index contributed by atoms with van der Waals surface area (Å²) in [7, 11) is 0. The molecule has 2 aromatic rings. The second kappa shape index (κ2) is 11.0. The molecule has 6 atom stereocenters. The third-order valence-electron chi connectivity index (χ3n) is 10.0. The molecule has 0 radical (unpaired) electrons. The van der Waals surface area contributed by atoms with E-state index in [1.807, 2.05) is 0 Å². The van der Waals surface area contributed by atoms with Gasteiger partial charge in [0.25, 0.3) is 0 Å². The van der Waals surface area contributed by atoms with Crippen LogP contribution in [0.5, 0.6) is 0 Å². The molecule has 3 saturated carbocycles. The zero-order valence-corrected chi connectivity index (χ0v) is 23.7. The highest BCUT2D eigenvalue weighted by molar-refractivity contribution is 7.13. The average molecular weight is 566 g/mol. The van der Waals surface area contributed by atoms with Crippen LogP contribution in [0.15, 0.2) is 24.3 Å². The lowest BCUT2D eigenvalue weighted by Gasteiger charge is -2.40. The predicted molar refractivity (Wildman–Crippen MR) is 153 cm³/mol. The van der Waals surface area contributed by atoms with Gasteiger partial charge < -0.3 is 4.90 Å². The maximum absolute atomic E-state index is 13.3. The number of hydrogen-bond donors (Lipinski definition) is 0. The molecule has 0 spiro atoms. The van der Waals surface area contributed by atoms with Crippen molar-refractivity contribution in [2.45, 2.75) is 44.9 Å². The fourth-order valence-electron chi connectivity index (χ4n) is 8.22. The van der Waals surface area contributed by atoms with Crippen LogP contribution in [0.3, 0.4) is 0 Å². The number of carbonyl (C=O) groups is 2. The van der Waals surface area contributed by atoms with E-state index in [0.717, 1.165) is 64.2 Å². The molecular formula is C28H38Cl2N4O2S. The molecular weight excluding hydrogens is 527 g/mol. The SMILES string of the molecule is Cl.Cl.O=C1[C@@H]2[C@H]3CC[C@H](C3)[C@@H]2C(=O)N1C[C@@H]1CCCC[C@H]1CN1CCN(c2nsc3ccccc23)CC1. The molecule has 6 nitrogen and oxygen atoms in total. The number of aromatic nitrogens is 1. The Morgan fingerprint density at radius 2 is 1.43 bits per heavy atom. The van der Waals surface area contributed by atoms with Gasteiger partial charge in [-0.25, -0.2) is 0 Å². The summed E-state index contributed by atoms with van der Waals surface area (Å²) in [6, 6.07) is 8.54. The highest BCUT2D eigenvalue weighted by Gasteiger charge is 2.61. The number of carbonyl (C=O) groups excluding carboxylic acids is 2. The molecule has 7 rings (SSSR count). The van der Waals surface area contributed by atoms with Crippen molar-refractivity contribution >= 4 is 64.1 Å². The van der Waals surface area contributed by atoms with E-state index in [1.54, 1.807) is 16.4 Å². The van der Waals surface area contributed by atoms with Gasteiger partial charge >= 0.3 is 0 Å². The fraction of sp³-hybridized carbons (Fsp3) is 0.679. The maximum atomic E-state index is 13.3. The van der Waals surface area contributed by atoms with Gasteiger partial charge in [0.15, 0.2) is 0 Å². The quantitative estimate of drug-likeness (QED) is 0.473. The number of fused-ring (bicyclic) bond motifs is 6. The van der Waals surface area contributed by atoms with Crippen molar-refractivity contribution in [1.82, 2.24) is 14.2 Å². The first kappa shape index (κ1) is 27.2. The summed E-state index contributed by atoms with van der Waals surface area (Å²) in [6.07, 6.45) is 8.35. The molecule has 5 aliphatic rings. The Morgan fingerprint density at radius 3 is 2.11 bits per heavy atom. The number of halogens is 2. The van der Waals surface area contributed by atoms with E-state index in [4.69, 9.17) is 4.37 Å². The highest BCUT2D eigenvalue weighted by atomic mass is 35.5. The number of imide groups is 1. The molecule has 9 heteroatoms. The Balaban J connectivity index is 0.00000140. The Hall–Kier alpha value is -1.41. The van der Waals surface area contributed by atoms with Gasteiger partial charge in [-0.3, -0.25) is 19.4 Å². The predicted octanol–water partition coefficient (Wildman–Crippen LogP) is 5.10. The van der Waals surface area contributed by atoms with Crippen molar-refractivity contribution in [2.75, 3.05) is 44.2 Å². The van der Waals surface area contributed by atoms with Crippen molar-refractivity contribution in [2.24, 2.45) is 35.5 Å². The van der Waals surface area contributed by atoms with E-state index in [-0.39, 0.29) is 48.5 Å². The van der Waals surface area contributed by atoms with Gasteiger partial charge in [-0.05, 0) is 79.4 Å². The zero-order chi connectivity index (χ0) is 23.5. The zero-order valence-electron chi connectivity index (χ0n) is 21.3. The van der Waals surface area contributed by atoms with Gasteiger partial charge in [0, 0.05) is 44.7 Å². The maximum Gasteiger partial charge on any atom is 0.233 e. The lowest BCUT2D eigenvalue weighted by Crippen LogP contribution is -2.49. The van der Waals surface area contributed by atoms with Gasteiger partial charge in [0.05, 0.1) is 16.5 Å². The van der Waals surface area contributed by atoms with Gasteiger partial charge in [-0.1, -0.05) is 25.0 Å². The third-order valence-corrected chi connectivity index (χ3v) is 10.8. The molecule has 0 unspecified atom stereocenters. The van der Waals surface area contributed by atoms with E-state index < -0.39 is 0 Å². The lowest BCUT2D eigenvalue weighted by atomic mass is 9.78. The summed E-state index contributed by atoms with van der Waals surface area (Å²) in [4.78, 5) is 33.4. The molecule has 2 aliphatic heterocycles. The average Bonchev–Trinajstić information content (AvgIpc) is 3.66. The summed E-state index contributed by atoms with van der Waals surface area (Å²) >= 11 is 1.60. The Bertz CT molecular complexity index is 1110. The standard InChI is InChI=1S/C28H36N4O2S.2ClH/c33-27-24-18-9-10-19(15-18)25(24)28(34)32(27)17-21-6-2-1-5-20(21)16-30-11-13-31(14-12-30)26-22-7-3-4-8-23(22)35-29-26;;/h3-4,7-8,18-21,24-25H,1-2,5-6,9-17H2;2*1H/t18-,19+,20-,21-,24+,25-;;/m0../s1. The van der Waals surface area contributed by atoms with Crippen molar-refractivity contribution in [3.8, 4) is 0 Å². The Kier molecular flexibility index (Phi) is 8.07. The van der Waals surface area contributed by atoms with Gasteiger partial charge in [-0.15, -0.1) is 24.8 Å². The molecule has 3 aliphatic carbocycles. The number of likely N-dealkylation sites (tertiary alicyclic amines) is 1. The van der Waals surface area contributed by atoms with Gasteiger partial charge in [-0.2, -0.15) is 4.37 Å². The molecule has 202 valence electrons. The summed E-state index contributed by atoms with van der Waals surface area (Å²) in [5, 5.41) is 1.27. The molecule has 0 N–H and O–H groups in total. The third kappa shape index (κ3) is 4.68. The molecule has 2 amide bonds. The number of benzene rings is 1. The number of piperazine rings is 1. The lowest BCUT2D eigenvalue weighted by molar-refractivity contribution is -0.142. The minimum absolute atomic E-state index is 0. The Labute approximate surface area is 236 Å². The molecule has 1 aromatic heterocycles. The molecule has 1 aromatic carbocycles. The first-order valence-electron chi connectivity index (χ1n) is 13.8. The summed E-state index contributed by atoms with van der Waals surface area (Å²) in [5.74, 6) is 3.59. The number of amides is 2. The summed E-state index contributed by atoms with van der Waals surface area (Å²) in [5.41, 5.74) is 0. The first-order chi connectivity index (χ1) is 17.2. The van der Waals surface area contributed by atoms with Crippen molar-refractivity contribution in [1.29, 1.82) is 0 Å². The van der Waals surface area contributed by atoms with Crippen LogP contribution in [0.1, 0.15) is 44.9 Å². The van der Waals surface area contributed by atoms with Crippen LogP contribution in [0, 0.1) is 35.5 Å². The van der Waals surface area contributed by atoms with Crippen LogP contribution in [0.4, 0.5) is 5.82 Å². The number of nitrogens with zero attached hydrogens (tertiary/aromatic N) is 4. The molecule has 2 saturated heterocycles. The number of hydrogen-bond acceptors (Lipinski definition) is 6. The van der Waals surface area contributed by atoms with Gasteiger partial charge in [0.2, 0.25) is 11.8 Å². The van der Waals surface area contributed by atoms with Crippen LogP contribution in [-0.4, -0.2) is 65.3 Å². The van der Waals surface area contributed by atoms with Crippen LogP contribution < -0.4 is 4.90 Å². The first-order valence-corrected chi connectivity index (χ1v) is 14.6. The molecule has 3 heterocycles. The smallest absolute Gasteiger partial charge is 0.233 e. The van der Waals surface area contributed by atoms with Crippen molar-refractivity contribution < 1.29 is 9.59 Å². The summed E-state index contributed by atoms with van der Waals surface area (Å²) in [6.45, 7) is 5.93. The topological polar surface area (TPSA) is 56.8 Å². The van der Waals surface area contributed by atoms with Crippen molar-refractivity contribution in [3.63, 3.8) is 0 Å². The minimum Gasteiger partial charge on any atom is -0.353 e. The van der Waals surface area contributed by atoms with Crippen LogP contribution in [-0.2, 0) is 9.59 Å². The highest BCUT2D eigenvalue weighted by Crippen LogP contribution is 2.56. The molecule has 5 fully saturated rings. The summed E-state index contributed by atoms with van der Waals surface area (Å²) < 4.78 is 6.02. The second-order valence-electron chi connectivity index (χ2n) is 11.8. The fourth-order valence-corrected chi connectivity index (χ4v) is 9.02. The largest absolute Gasteiger partial charge is 0.353 e.